The molecule has 0 unspecified atom stereocenters. The lowest BCUT2D eigenvalue weighted by Gasteiger charge is -2.11. The molecule has 0 bridgehead atoms. The molecule has 10 heteroatoms. The third-order valence-electron chi connectivity index (χ3n) is 2.96. The number of carboxylic acid groups (broad SMARTS) is 1. The van der Waals surface area contributed by atoms with E-state index in [-0.39, 0.29) is 0 Å². The van der Waals surface area contributed by atoms with Gasteiger partial charge >= 0.3 is 0 Å². The van der Waals surface area contributed by atoms with Gasteiger partial charge in [-0.05, 0) is 19.1 Å². The van der Waals surface area contributed by atoms with E-state index in [4.69, 9.17) is 26.2 Å². The van der Waals surface area contributed by atoms with Crippen LogP contribution in [0.2, 0.25) is 5.15 Å². The van der Waals surface area contributed by atoms with Crippen LogP contribution in [-0.4, -0.2) is 61.1 Å². The number of anilines is 1. The number of hydrogen-bond donors (Lipinski definition) is 3. The van der Waals surface area contributed by atoms with Crippen molar-refractivity contribution in [1.82, 2.24) is 9.97 Å². The first-order chi connectivity index (χ1) is 13.3. The van der Waals surface area contributed by atoms with E-state index < -0.39 is 12.1 Å². The largest absolute Gasteiger partial charge is 0.547 e. The number of halogens is 1. The van der Waals surface area contributed by atoms with Crippen molar-refractivity contribution >= 4 is 23.5 Å². The summed E-state index contributed by atoms with van der Waals surface area (Å²) in [5.41, 5.74) is 0. The topological polar surface area (TPSA) is 121 Å². The molecule has 0 aliphatic carbocycles. The predicted molar refractivity (Wildman–Crippen MR) is 102 cm³/mol. The molecule has 2 rings (SSSR count). The Bertz CT molecular complexity index is 716. The molecule has 0 radical (unpaired) electrons. The molecule has 0 saturated carbocycles. The van der Waals surface area contributed by atoms with E-state index in [2.05, 4.69) is 15.3 Å². The zero-order valence-corrected chi connectivity index (χ0v) is 16.8. The van der Waals surface area contributed by atoms with Crippen molar-refractivity contribution in [3.05, 3.63) is 41.6 Å². The van der Waals surface area contributed by atoms with Crippen LogP contribution in [0, 0.1) is 0 Å². The highest BCUT2D eigenvalue weighted by atomic mass is 35.5. The molecule has 0 fully saturated rings. The van der Waals surface area contributed by atoms with Crippen LogP contribution in [0.5, 0.6) is 11.6 Å². The number of carbonyl (C=O) groups is 1. The standard InChI is InChI=1S/C15H19ClN4O2.C3H6O3/c1-20(2)11-17-15-18-13(16)10-14(19-15)22-9-8-21-12-6-4-3-5-7-12;1-2(4)3(5)6/h3-7,10H,8-9,11H2,1-2H3,(H,17,18,19);2,4H,1H3,(H,5,6)/t;2-/m.1/s1. The number of quaternary nitrogens is 1. The van der Waals surface area contributed by atoms with Crippen LogP contribution >= 0.6 is 11.6 Å². The molecule has 1 atom stereocenters. The second-order valence-electron chi connectivity index (χ2n) is 5.92. The van der Waals surface area contributed by atoms with E-state index in [9.17, 15) is 9.90 Å². The van der Waals surface area contributed by atoms with E-state index in [0.717, 1.165) is 12.7 Å². The molecule has 1 heterocycles. The zero-order chi connectivity index (χ0) is 20.9. The normalized spacial score (nSPS) is 11.2. The number of aliphatic hydroxyl groups excluding tert-OH is 1. The highest BCUT2D eigenvalue weighted by Gasteiger charge is 2.05. The van der Waals surface area contributed by atoms with Gasteiger partial charge in [0, 0.05) is 6.07 Å². The van der Waals surface area contributed by atoms with Gasteiger partial charge in [0.2, 0.25) is 11.8 Å². The van der Waals surface area contributed by atoms with Crippen LogP contribution in [0.1, 0.15) is 6.92 Å². The molecule has 0 spiro atoms. The first-order valence-electron chi connectivity index (χ1n) is 8.55. The monoisotopic (exact) mass is 412 g/mol. The Hall–Kier alpha value is -2.62. The maximum absolute atomic E-state index is 9.34. The minimum Gasteiger partial charge on any atom is -0.547 e. The Kier molecular flexibility index (Phi) is 10.6. The first-order valence-corrected chi connectivity index (χ1v) is 8.92. The molecule has 2 aromatic rings. The Balaban J connectivity index is 0.000000568. The molecule has 154 valence electrons. The summed E-state index contributed by atoms with van der Waals surface area (Å²) in [6.07, 6.45) is -1.34. The van der Waals surface area contributed by atoms with Crippen LogP contribution < -0.4 is 24.8 Å². The van der Waals surface area contributed by atoms with Gasteiger partial charge in [0.1, 0.15) is 24.1 Å². The third-order valence-corrected chi connectivity index (χ3v) is 3.15. The number of hydrogen-bond acceptors (Lipinski definition) is 8. The molecule has 0 amide bonds. The summed E-state index contributed by atoms with van der Waals surface area (Å²) in [6, 6.07) is 11.2. The van der Waals surface area contributed by atoms with Crippen molar-refractivity contribution in [2.24, 2.45) is 0 Å². The Morgan fingerprint density at radius 2 is 1.86 bits per heavy atom. The summed E-state index contributed by atoms with van der Waals surface area (Å²) in [5, 5.41) is 20.7. The van der Waals surface area contributed by atoms with Gasteiger partial charge in [-0.1, -0.05) is 29.8 Å². The lowest BCUT2D eigenvalue weighted by molar-refractivity contribution is -0.854. The Morgan fingerprint density at radius 3 is 2.43 bits per heavy atom. The second kappa shape index (κ2) is 12.7. The van der Waals surface area contributed by atoms with E-state index in [1.165, 1.54) is 4.90 Å². The molecule has 28 heavy (non-hydrogen) atoms. The molecule has 1 aromatic heterocycles. The van der Waals surface area contributed by atoms with Gasteiger partial charge in [-0.25, -0.2) is 4.98 Å². The van der Waals surface area contributed by atoms with Crippen LogP contribution in [0.3, 0.4) is 0 Å². The van der Waals surface area contributed by atoms with Crippen molar-refractivity contribution in [2.75, 3.05) is 39.3 Å². The molecule has 1 aromatic carbocycles. The lowest BCUT2D eigenvalue weighted by atomic mass is 10.3. The average Bonchev–Trinajstić information content (AvgIpc) is 2.64. The predicted octanol–water partition coefficient (Wildman–Crippen LogP) is -0.781. The number of aliphatic carboxylic acids is 1. The summed E-state index contributed by atoms with van der Waals surface area (Å²) >= 11 is 5.96. The van der Waals surface area contributed by atoms with Crippen molar-refractivity contribution in [3.8, 4) is 11.6 Å². The van der Waals surface area contributed by atoms with Gasteiger partial charge < -0.3 is 34.7 Å². The fraction of sp³-hybridized carbons (Fsp3) is 0.389. The van der Waals surface area contributed by atoms with E-state index in [0.29, 0.717) is 36.9 Å². The number of aliphatic hydroxyl groups is 1. The number of carbonyl (C=O) groups excluding carboxylic acids is 1. The van der Waals surface area contributed by atoms with E-state index in [1.807, 2.05) is 44.4 Å². The number of rotatable bonds is 9. The number of benzene rings is 1. The fourth-order valence-electron chi connectivity index (χ4n) is 1.63. The molecule has 0 saturated heterocycles. The summed E-state index contributed by atoms with van der Waals surface area (Å²) in [6.45, 7) is 2.63. The van der Waals surface area contributed by atoms with Crippen LogP contribution in [-0.2, 0) is 4.79 Å². The number of ether oxygens (including phenoxy) is 2. The highest BCUT2D eigenvalue weighted by molar-refractivity contribution is 6.29. The number of para-hydroxylation sites is 1. The maximum Gasteiger partial charge on any atom is 0.231 e. The second-order valence-corrected chi connectivity index (χ2v) is 6.31. The zero-order valence-electron chi connectivity index (χ0n) is 16.0. The molecular weight excluding hydrogens is 388 g/mol. The first kappa shape index (κ1) is 23.4. The Morgan fingerprint density at radius 1 is 1.25 bits per heavy atom. The molecular formula is C18H25ClN4O5. The van der Waals surface area contributed by atoms with Crippen LogP contribution in [0.15, 0.2) is 36.4 Å². The molecule has 0 aliphatic rings. The molecule has 0 aliphatic heterocycles. The quantitative estimate of drug-likeness (QED) is 0.278. The summed E-state index contributed by atoms with van der Waals surface area (Å²) < 4.78 is 11.1. The van der Waals surface area contributed by atoms with Gasteiger partial charge in [0.25, 0.3) is 0 Å². The fourth-order valence-corrected chi connectivity index (χ4v) is 1.80. The maximum atomic E-state index is 9.34. The van der Waals surface area contributed by atoms with Gasteiger partial charge in [-0.3, -0.25) is 0 Å². The van der Waals surface area contributed by atoms with Crippen molar-refractivity contribution in [2.45, 2.75) is 13.0 Å². The van der Waals surface area contributed by atoms with Crippen molar-refractivity contribution in [3.63, 3.8) is 0 Å². The number of nitrogens with one attached hydrogen (secondary N) is 2. The SMILES string of the molecule is C[C@@H](O)C(=O)[O-].C[NH+](C)CNc1nc(Cl)cc(OCCOc2ccccc2)n1. The van der Waals surface area contributed by atoms with Gasteiger partial charge in [-0.2, -0.15) is 4.98 Å². The van der Waals surface area contributed by atoms with Crippen LogP contribution in [0.25, 0.3) is 0 Å². The smallest absolute Gasteiger partial charge is 0.231 e. The minimum atomic E-state index is -1.44. The lowest BCUT2D eigenvalue weighted by Crippen LogP contribution is -3.06. The number of carboxylic acids is 1. The average molecular weight is 413 g/mol. The van der Waals surface area contributed by atoms with Gasteiger partial charge in [-0.15, -0.1) is 0 Å². The molecule has 9 nitrogen and oxygen atoms in total. The van der Waals surface area contributed by atoms with E-state index >= 15 is 0 Å². The van der Waals surface area contributed by atoms with Gasteiger partial charge in [0.15, 0.2) is 6.67 Å². The Labute approximate surface area is 168 Å². The third kappa shape index (κ3) is 10.5. The van der Waals surface area contributed by atoms with E-state index in [1.54, 1.807) is 6.07 Å². The van der Waals surface area contributed by atoms with Crippen LogP contribution in [0.4, 0.5) is 5.95 Å². The highest BCUT2D eigenvalue weighted by Crippen LogP contribution is 2.16. The van der Waals surface area contributed by atoms with Crippen molar-refractivity contribution in [1.29, 1.82) is 0 Å². The summed E-state index contributed by atoms with van der Waals surface area (Å²) in [7, 11) is 4.05. The van der Waals surface area contributed by atoms with Crippen molar-refractivity contribution < 1.29 is 29.4 Å². The summed E-state index contributed by atoms with van der Waals surface area (Å²) in [4.78, 5) is 18.9. The van der Waals surface area contributed by atoms with Gasteiger partial charge in [0.05, 0.1) is 26.2 Å². The number of aromatic nitrogens is 2. The number of nitrogens with zero attached hydrogens (tertiary/aromatic N) is 2. The minimum absolute atomic E-state index is 0.338. The molecule has 3 N–H and O–H groups in total. The summed E-state index contributed by atoms with van der Waals surface area (Å²) in [5.74, 6) is 0.249.